The van der Waals surface area contributed by atoms with Crippen LogP contribution in [0.25, 0.3) is 0 Å². The van der Waals surface area contributed by atoms with Crippen LogP contribution in [0.3, 0.4) is 0 Å². The van der Waals surface area contributed by atoms with Crippen molar-refractivity contribution in [3.8, 4) is 11.8 Å². The molecule has 0 heterocycles. The number of benzene rings is 1. The fourth-order valence-corrected chi connectivity index (χ4v) is 1.60. The van der Waals surface area contributed by atoms with Gasteiger partial charge in [-0.3, -0.25) is 0 Å². The topological polar surface area (TPSA) is 45.0 Å². The van der Waals surface area contributed by atoms with Crippen molar-refractivity contribution in [3.63, 3.8) is 0 Å². The summed E-state index contributed by atoms with van der Waals surface area (Å²) in [6, 6.07) is 7.67. The van der Waals surface area contributed by atoms with Crippen LogP contribution in [-0.2, 0) is 0 Å². The van der Waals surface area contributed by atoms with Crippen molar-refractivity contribution >= 4 is 0 Å². The number of nitrogens with one attached hydrogen (secondary N) is 1. The molecule has 0 saturated carbocycles. The van der Waals surface area contributed by atoms with E-state index in [1.807, 2.05) is 19.1 Å². The van der Waals surface area contributed by atoms with E-state index in [-0.39, 0.29) is 5.54 Å². The lowest BCUT2D eigenvalue weighted by Gasteiger charge is -2.23. The Bertz CT molecular complexity index is 455. The fraction of sp³-hybridized carbons (Fsp3) is 0.562. The molecule has 1 aromatic rings. The number of rotatable bonds is 5. The van der Waals surface area contributed by atoms with E-state index in [1.54, 1.807) is 6.07 Å². The zero-order chi connectivity index (χ0) is 14.5. The minimum Gasteiger partial charge on any atom is -0.493 e. The first-order valence-electron chi connectivity index (χ1n) is 6.70. The summed E-state index contributed by atoms with van der Waals surface area (Å²) in [5.41, 5.74) is 1.83. The molecule has 0 aromatic heterocycles. The standard InChI is InChI=1S/C16H24N2O/c1-12(10-18-16(3,4)5)11-19-15-8-14(9-17)7-6-13(15)2/h6-8,12,18H,10-11H2,1-5H3. The molecule has 1 aromatic carbocycles. The molecule has 3 nitrogen and oxygen atoms in total. The second-order valence-corrected chi connectivity index (χ2v) is 6.14. The van der Waals surface area contributed by atoms with E-state index in [2.05, 4.69) is 39.1 Å². The average Bonchev–Trinajstić information content (AvgIpc) is 2.34. The van der Waals surface area contributed by atoms with E-state index in [0.29, 0.717) is 18.1 Å². The third kappa shape index (κ3) is 5.76. The first kappa shape index (κ1) is 15.5. The molecule has 1 N–H and O–H groups in total. The van der Waals surface area contributed by atoms with Gasteiger partial charge in [0.2, 0.25) is 0 Å². The van der Waals surface area contributed by atoms with Crippen LogP contribution in [0, 0.1) is 24.2 Å². The molecular formula is C16H24N2O. The average molecular weight is 260 g/mol. The Labute approximate surface area is 116 Å². The second kappa shape index (κ2) is 6.58. The predicted molar refractivity (Wildman–Crippen MR) is 78.3 cm³/mol. The highest BCUT2D eigenvalue weighted by Gasteiger charge is 2.12. The third-order valence-corrected chi connectivity index (χ3v) is 2.82. The molecule has 1 rings (SSSR count). The maximum absolute atomic E-state index is 8.89. The Morgan fingerprint density at radius 3 is 2.63 bits per heavy atom. The Morgan fingerprint density at radius 2 is 2.05 bits per heavy atom. The van der Waals surface area contributed by atoms with E-state index < -0.39 is 0 Å². The number of nitrogens with zero attached hydrogens (tertiary/aromatic N) is 1. The van der Waals surface area contributed by atoms with E-state index in [9.17, 15) is 0 Å². The summed E-state index contributed by atoms with van der Waals surface area (Å²) in [5.74, 6) is 1.23. The van der Waals surface area contributed by atoms with Gasteiger partial charge in [-0.05, 0) is 45.4 Å². The number of hydrogen-bond donors (Lipinski definition) is 1. The van der Waals surface area contributed by atoms with Crippen LogP contribution in [0.15, 0.2) is 18.2 Å². The molecule has 0 fully saturated rings. The van der Waals surface area contributed by atoms with E-state index in [0.717, 1.165) is 17.9 Å². The Morgan fingerprint density at radius 1 is 1.37 bits per heavy atom. The lowest BCUT2D eigenvalue weighted by atomic mass is 10.1. The van der Waals surface area contributed by atoms with E-state index >= 15 is 0 Å². The smallest absolute Gasteiger partial charge is 0.123 e. The van der Waals surface area contributed by atoms with Crippen LogP contribution in [0.5, 0.6) is 5.75 Å². The third-order valence-electron chi connectivity index (χ3n) is 2.82. The van der Waals surface area contributed by atoms with Crippen LogP contribution in [0.2, 0.25) is 0 Å². The summed E-state index contributed by atoms with van der Waals surface area (Å²) in [6.07, 6.45) is 0. The van der Waals surface area contributed by atoms with Gasteiger partial charge in [0.1, 0.15) is 5.75 Å². The summed E-state index contributed by atoms with van der Waals surface area (Å²) in [4.78, 5) is 0. The van der Waals surface area contributed by atoms with Gasteiger partial charge in [-0.25, -0.2) is 0 Å². The van der Waals surface area contributed by atoms with Crippen molar-refractivity contribution in [2.45, 2.75) is 40.2 Å². The Kier molecular flexibility index (Phi) is 5.38. The summed E-state index contributed by atoms with van der Waals surface area (Å²) >= 11 is 0. The number of nitriles is 1. The molecule has 0 saturated heterocycles. The van der Waals surface area contributed by atoms with Crippen LogP contribution >= 0.6 is 0 Å². The lowest BCUT2D eigenvalue weighted by Crippen LogP contribution is -2.39. The number of ether oxygens (including phenoxy) is 1. The summed E-state index contributed by atoms with van der Waals surface area (Å²) in [7, 11) is 0. The first-order chi connectivity index (χ1) is 8.81. The van der Waals surface area contributed by atoms with Crippen molar-refractivity contribution in [2.24, 2.45) is 5.92 Å². The van der Waals surface area contributed by atoms with Crippen LogP contribution < -0.4 is 10.1 Å². The molecular weight excluding hydrogens is 236 g/mol. The van der Waals surface area contributed by atoms with Gasteiger partial charge < -0.3 is 10.1 Å². The lowest BCUT2D eigenvalue weighted by molar-refractivity contribution is 0.243. The largest absolute Gasteiger partial charge is 0.493 e. The normalized spacial score (nSPS) is 12.8. The molecule has 0 aliphatic rings. The number of hydrogen-bond acceptors (Lipinski definition) is 3. The van der Waals surface area contributed by atoms with Gasteiger partial charge in [0.15, 0.2) is 0 Å². The van der Waals surface area contributed by atoms with Gasteiger partial charge in [0, 0.05) is 18.0 Å². The van der Waals surface area contributed by atoms with Gasteiger partial charge in [0.05, 0.1) is 18.2 Å². The minimum atomic E-state index is 0.130. The Balaban J connectivity index is 2.50. The molecule has 1 atom stereocenters. The van der Waals surface area contributed by atoms with Crippen molar-refractivity contribution in [1.29, 1.82) is 5.26 Å². The maximum atomic E-state index is 8.89. The second-order valence-electron chi connectivity index (χ2n) is 6.14. The van der Waals surface area contributed by atoms with E-state index in [1.165, 1.54) is 0 Å². The van der Waals surface area contributed by atoms with Crippen LogP contribution in [0.4, 0.5) is 0 Å². The zero-order valence-electron chi connectivity index (χ0n) is 12.6. The molecule has 19 heavy (non-hydrogen) atoms. The predicted octanol–water partition coefficient (Wildman–Crippen LogP) is 3.27. The molecule has 1 unspecified atom stereocenters. The molecule has 0 radical (unpaired) electrons. The summed E-state index contributed by atoms with van der Waals surface area (Å²) < 4.78 is 5.82. The molecule has 0 amide bonds. The van der Waals surface area contributed by atoms with Crippen molar-refractivity contribution < 1.29 is 4.74 Å². The summed E-state index contributed by atoms with van der Waals surface area (Å²) in [6.45, 7) is 12.2. The maximum Gasteiger partial charge on any atom is 0.123 e. The molecule has 3 heteroatoms. The highest BCUT2D eigenvalue weighted by molar-refractivity contribution is 5.41. The van der Waals surface area contributed by atoms with Crippen molar-refractivity contribution in [3.05, 3.63) is 29.3 Å². The SMILES string of the molecule is Cc1ccc(C#N)cc1OCC(C)CNC(C)(C)C. The minimum absolute atomic E-state index is 0.130. The highest BCUT2D eigenvalue weighted by Crippen LogP contribution is 2.19. The van der Waals surface area contributed by atoms with Crippen LogP contribution in [0.1, 0.15) is 38.8 Å². The zero-order valence-corrected chi connectivity index (χ0v) is 12.6. The molecule has 104 valence electrons. The quantitative estimate of drug-likeness (QED) is 0.883. The van der Waals surface area contributed by atoms with Gasteiger partial charge >= 0.3 is 0 Å². The van der Waals surface area contributed by atoms with E-state index in [4.69, 9.17) is 10.00 Å². The number of aryl methyl sites for hydroxylation is 1. The van der Waals surface area contributed by atoms with Gasteiger partial charge in [-0.1, -0.05) is 13.0 Å². The first-order valence-corrected chi connectivity index (χ1v) is 6.70. The van der Waals surface area contributed by atoms with Gasteiger partial charge in [0.25, 0.3) is 0 Å². The molecule has 0 spiro atoms. The molecule has 0 aliphatic carbocycles. The molecule has 0 bridgehead atoms. The monoisotopic (exact) mass is 260 g/mol. The van der Waals surface area contributed by atoms with Crippen molar-refractivity contribution in [2.75, 3.05) is 13.2 Å². The summed E-state index contributed by atoms with van der Waals surface area (Å²) in [5, 5.41) is 12.4. The van der Waals surface area contributed by atoms with Crippen LogP contribution in [-0.4, -0.2) is 18.7 Å². The van der Waals surface area contributed by atoms with Gasteiger partial charge in [-0.15, -0.1) is 0 Å². The fourth-order valence-electron chi connectivity index (χ4n) is 1.60. The highest BCUT2D eigenvalue weighted by atomic mass is 16.5. The van der Waals surface area contributed by atoms with Crippen molar-refractivity contribution in [1.82, 2.24) is 5.32 Å². The van der Waals surface area contributed by atoms with Gasteiger partial charge in [-0.2, -0.15) is 5.26 Å². The molecule has 0 aliphatic heterocycles. The Hall–Kier alpha value is -1.53.